The summed E-state index contributed by atoms with van der Waals surface area (Å²) in [4.78, 5) is 39.8. The Bertz CT molecular complexity index is 1340. The molecular weight excluding hydrogens is 487 g/mol. The summed E-state index contributed by atoms with van der Waals surface area (Å²) in [5.74, 6) is -1.97. The van der Waals surface area contributed by atoms with Gasteiger partial charge >= 0.3 is 0 Å². The highest BCUT2D eigenvalue weighted by atomic mass is 32.2. The molecule has 2 aromatic carbocycles. The molecule has 36 heavy (non-hydrogen) atoms. The Labute approximate surface area is 208 Å². The quantitative estimate of drug-likeness (QED) is 0.607. The Kier molecular flexibility index (Phi) is 6.29. The van der Waals surface area contributed by atoms with Crippen LogP contribution in [0.15, 0.2) is 36.4 Å². The van der Waals surface area contributed by atoms with Crippen LogP contribution in [0.1, 0.15) is 39.9 Å². The molecule has 1 N–H and O–H groups in total. The van der Waals surface area contributed by atoms with E-state index < -0.39 is 33.7 Å². The lowest BCUT2D eigenvalue weighted by Crippen LogP contribution is -2.52. The van der Waals surface area contributed by atoms with Crippen LogP contribution in [0.25, 0.3) is 0 Å². The third-order valence-electron chi connectivity index (χ3n) is 7.03. The predicted octanol–water partition coefficient (Wildman–Crippen LogP) is 1.55. The number of halogens is 1. The highest BCUT2D eigenvalue weighted by molar-refractivity contribution is 7.88. The van der Waals surface area contributed by atoms with Gasteiger partial charge in [0, 0.05) is 44.7 Å². The molecule has 0 aromatic heterocycles. The van der Waals surface area contributed by atoms with Crippen LogP contribution in [0, 0.1) is 12.7 Å². The zero-order valence-corrected chi connectivity index (χ0v) is 20.7. The van der Waals surface area contributed by atoms with Gasteiger partial charge in [-0.15, -0.1) is 0 Å². The summed E-state index contributed by atoms with van der Waals surface area (Å²) >= 11 is 0. The summed E-state index contributed by atoms with van der Waals surface area (Å²) in [5.41, 5.74) is 2.90. The molecule has 0 spiro atoms. The van der Waals surface area contributed by atoms with E-state index in [0.717, 1.165) is 11.1 Å². The number of carbonyl (C=O) groups is 3. The van der Waals surface area contributed by atoms with Gasteiger partial charge < -0.3 is 9.80 Å². The standard InChI is InChI=1S/C25H27FN4O5S/c1-16-2-4-17(5-3-16)15-36(34,35)29-10-8-28(9-11-29)22-12-18-14-30(25(33)19(18)13-20(22)26)21-6-7-23(31)27-24(21)32/h2-5,12-13,21H,6-11,14-15H2,1H3,(H,27,31,32). The number of nitrogens with zero attached hydrogens (tertiary/aromatic N) is 3. The number of aryl methyl sites for hydroxylation is 1. The lowest BCUT2D eigenvalue weighted by atomic mass is 10.0. The van der Waals surface area contributed by atoms with Gasteiger partial charge in [0.25, 0.3) is 5.91 Å². The van der Waals surface area contributed by atoms with Crippen molar-refractivity contribution in [3.05, 3.63) is 64.5 Å². The Morgan fingerprint density at radius 2 is 1.72 bits per heavy atom. The van der Waals surface area contributed by atoms with Crippen molar-refractivity contribution in [2.75, 3.05) is 31.1 Å². The highest BCUT2D eigenvalue weighted by Crippen LogP contribution is 2.33. The van der Waals surface area contributed by atoms with Gasteiger partial charge in [-0.1, -0.05) is 29.8 Å². The topological polar surface area (TPSA) is 107 Å². The number of rotatable bonds is 5. The van der Waals surface area contributed by atoms with Crippen LogP contribution in [-0.2, 0) is 31.9 Å². The molecule has 1 atom stereocenters. The van der Waals surface area contributed by atoms with Gasteiger partial charge in [0.05, 0.1) is 11.4 Å². The summed E-state index contributed by atoms with van der Waals surface area (Å²) in [6.45, 7) is 3.18. The first-order chi connectivity index (χ1) is 17.1. The second kappa shape index (κ2) is 9.29. The van der Waals surface area contributed by atoms with Crippen molar-refractivity contribution in [2.45, 2.75) is 38.1 Å². The van der Waals surface area contributed by atoms with Crippen LogP contribution in [0.3, 0.4) is 0 Å². The Morgan fingerprint density at radius 1 is 1.03 bits per heavy atom. The van der Waals surface area contributed by atoms with Gasteiger partial charge in [-0.3, -0.25) is 19.7 Å². The molecule has 0 saturated carbocycles. The molecule has 0 bridgehead atoms. The lowest BCUT2D eigenvalue weighted by molar-refractivity contribution is -0.136. The van der Waals surface area contributed by atoms with Gasteiger partial charge in [0.15, 0.2) is 0 Å². The minimum atomic E-state index is -3.51. The summed E-state index contributed by atoms with van der Waals surface area (Å²) in [6.07, 6.45) is 0.381. The van der Waals surface area contributed by atoms with E-state index in [0.29, 0.717) is 24.3 Å². The zero-order chi connectivity index (χ0) is 25.6. The number of piperazine rings is 1. The van der Waals surface area contributed by atoms with Crippen molar-refractivity contribution < 1.29 is 27.2 Å². The molecule has 2 aromatic rings. The Balaban J connectivity index is 1.27. The number of hydrogen-bond acceptors (Lipinski definition) is 6. The van der Waals surface area contributed by atoms with Gasteiger partial charge in [0.1, 0.15) is 11.9 Å². The third kappa shape index (κ3) is 4.60. The number of imide groups is 1. The van der Waals surface area contributed by atoms with Crippen LogP contribution >= 0.6 is 0 Å². The first kappa shape index (κ1) is 24.4. The van der Waals surface area contributed by atoms with E-state index in [2.05, 4.69) is 5.32 Å². The van der Waals surface area contributed by atoms with Crippen LogP contribution in [-0.4, -0.2) is 67.6 Å². The maximum absolute atomic E-state index is 15.1. The zero-order valence-electron chi connectivity index (χ0n) is 19.9. The van der Waals surface area contributed by atoms with E-state index in [1.807, 2.05) is 31.2 Å². The largest absolute Gasteiger partial charge is 0.367 e. The first-order valence-electron chi connectivity index (χ1n) is 11.9. The van der Waals surface area contributed by atoms with E-state index in [1.54, 1.807) is 11.0 Å². The van der Waals surface area contributed by atoms with Crippen molar-refractivity contribution in [2.24, 2.45) is 0 Å². The molecule has 3 heterocycles. The van der Waals surface area contributed by atoms with Crippen molar-refractivity contribution in [3.63, 3.8) is 0 Å². The fraction of sp³-hybridized carbons (Fsp3) is 0.400. The Hall–Kier alpha value is -3.31. The first-order valence-corrected chi connectivity index (χ1v) is 13.5. The van der Waals surface area contributed by atoms with E-state index in [1.165, 1.54) is 15.3 Å². The SMILES string of the molecule is Cc1ccc(CS(=O)(=O)N2CCN(c3cc4c(cc3F)C(=O)N(C3CCC(=O)NC3=O)C4)CC2)cc1. The molecule has 0 aliphatic carbocycles. The molecule has 3 aliphatic rings. The minimum Gasteiger partial charge on any atom is -0.367 e. The summed E-state index contributed by atoms with van der Waals surface area (Å²) in [5, 5.41) is 2.25. The normalized spacial score (nSPS) is 21.1. The van der Waals surface area contributed by atoms with Gasteiger partial charge in [-0.05, 0) is 36.6 Å². The number of carbonyl (C=O) groups excluding carboxylic acids is 3. The number of hydrogen-bond donors (Lipinski definition) is 1. The number of benzene rings is 2. The van der Waals surface area contributed by atoms with Crippen LogP contribution in [0.4, 0.5) is 10.1 Å². The van der Waals surface area contributed by atoms with Gasteiger partial charge in [0.2, 0.25) is 21.8 Å². The maximum Gasteiger partial charge on any atom is 0.255 e. The molecule has 9 nitrogen and oxygen atoms in total. The molecule has 3 amide bonds. The monoisotopic (exact) mass is 514 g/mol. The number of nitrogens with one attached hydrogen (secondary N) is 1. The molecule has 1 unspecified atom stereocenters. The number of anilines is 1. The van der Waals surface area contributed by atoms with E-state index in [9.17, 15) is 22.8 Å². The minimum absolute atomic E-state index is 0.0845. The number of fused-ring (bicyclic) bond motifs is 1. The van der Waals surface area contributed by atoms with Crippen molar-refractivity contribution >= 4 is 33.4 Å². The number of piperidine rings is 1. The summed E-state index contributed by atoms with van der Waals surface area (Å²) in [6, 6.07) is 9.42. The summed E-state index contributed by atoms with van der Waals surface area (Å²) < 4.78 is 42.3. The van der Waals surface area contributed by atoms with Crippen molar-refractivity contribution in [3.8, 4) is 0 Å². The molecule has 5 rings (SSSR count). The second-order valence-corrected chi connectivity index (χ2v) is 11.5. The van der Waals surface area contributed by atoms with Crippen molar-refractivity contribution in [1.82, 2.24) is 14.5 Å². The molecular formula is C25H27FN4O5S. The molecule has 0 radical (unpaired) electrons. The molecule has 3 aliphatic heterocycles. The fourth-order valence-corrected chi connectivity index (χ4v) is 6.53. The van der Waals surface area contributed by atoms with Crippen LogP contribution < -0.4 is 10.2 Å². The number of sulfonamides is 1. The number of amides is 3. The molecule has 2 saturated heterocycles. The van der Waals surface area contributed by atoms with Gasteiger partial charge in [-0.2, -0.15) is 4.31 Å². The second-order valence-electron chi connectivity index (χ2n) is 9.49. The van der Waals surface area contributed by atoms with E-state index in [-0.39, 0.29) is 49.7 Å². The van der Waals surface area contributed by atoms with Crippen LogP contribution in [0.5, 0.6) is 0 Å². The molecule has 11 heteroatoms. The average molecular weight is 515 g/mol. The molecule has 2 fully saturated rings. The molecule has 190 valence electrons. The van der Waals surface area contributed by atoms with E-state index in [4.69, 9.17) is 0 Å². The lowest BCUT2D eigenvalue weighted by Gasteiger charge is -2.35. The Morgan fingerprint density at radius 3 is 2.39 bits per heavy atom. The maximum atomic E-state index is 15.1. The van der Waals surface area contributed by atoms with E-state index >= 15 is 4.39 Å². The fourth-order valence-electron chi connectivity index (χ4n) is 5.01. The highest BCUT2D eigenvalue weighted by Gasteiger charge is 2.40. The van der Waals surface area contributed by atoms with Crippen molar-refractivity contribution in [1.29, 1.82) is 0 Å². The third-order valence-corrected chi connectivity index (χ3v) is 8.88. The summed E-state index contributed by atoms with van der Waals surface area (Å²) in [7, 11) is -3.51. The smallest absolute Gasteiger partial charge is 0.255 e. The van der Waals surface area contributed by atoms with Crippen LogP contribution in [0.2, 0.25) is 0 Å². The average Bonchev–Trinajstić information content (AvgIpc) is 3.15. The predicted molar refractivity (Wildman–Crippen MR) is 130 cm³/mol. The van der Waals surface area contributed by atoms with Gasteiger partial charge in [-0.25, -0.2) is 12.8 Å².